The van der Waals surface area contributed by atoms with E-state index in [1.54, 1.807) is 0 Å². The van der Waals surface area contributed by atoms with Gasteiger partial charge in [0.1, 0.15) is 18.3 Å². The summed E-state index contributed by atoms with van der Waals surface area (Å²) in [5.41, 5.74) is 5.99. The second-order valence-electron chi connectivity index (χ2n) is 9.25. The average molecular weight is 498 g/mol. The molecule has 0 aliphatic carbocycles. The zero-order valence-electron chi connectivity index (χ0n) is 19.3. The molecule has 1 aliphatic heterocycles. The highest BCUT2D eigenvalue weighted by atomic mass is 16.6. The molecule has 1 saturated heterocycles. The van der Waals surface area contributed by atoms with Crippen LogP contribution in [0.15, 0.2) is 59.4 Å². The van der Waals surface area contributed by atoms with Crippen molar-refractivity contribution in [1.29, 1.82) is 0 Å². The minimum absolute atomic E-state index is 0.0212. The molecule has 1 aliphatic rings. The Morgan fingerprint density at radius 1 is 0.973 bits per heavy atom. The smallest absolute Gasteiger partial charge is 0.280 e. The summed E-state index contributed by atoms with van der Waals surface area (Å²) in [6.07, 6.45) is -4.99. The van der Waals surface area contributed by atoms with E-state index in [0.29, 0.717) is 5.69 Å². The molecular formula is C26H22N6O5. The maximum atomic E-state index is 12.7. The monoisotopic (exact) mass is 498 g/mol. The molecule has 0 bridgehead atoms. The van der Waals surface area contributed by atoms with Gasteiger partial charge in [0.25, 0.3) is 5.56 Å². The molecule has 7 rings (SSSR count). The first kappa shape index (κ1) is 21.9. The lowest BCUT2D eigenvalue weighted by atomic mass is 9.93. The molecule has 0 saturated carbocycles. The standard InChI is InChI=1S/C26H22N6O5/c27-25-30-22-19(23(36)31-25)29-26(32(22)24-21(35)20(34)16(10-33)37-24)28-15-9-7-13-5-4-11-2-1-3-12-6-8-14(15)18(13)17(11)12/h1-9,16,20-21,24,33-35H,10H2,(H,28,29)(H3,27,30,31,36)/t16-,20-,21-,24-/m1/s1. The number of imidazole rings is 1. The van der Waals surface area contributed by atoms with Crippen molar-refractivity contribution in [3.8, 4) is 0 Å². The highest BCUT2D eigenvalue weighted by Crippen LogP contribution is 2.40. The Labute approximate surface area is 208 Å². The van der Waals surface area contributed by atoms with Crippen molar-refractivity contribution in [3.63, 3.8) is 0 Å². The Balaban J connectivity index is 1.45. The van der Waals surface area contributed by atoms with E-state index in [1.807, 2.05) is 24.3 Å². The summed E-state index contributed by atoms with van der Waals surface area (Å²) in [4.78, 5) is 23.8. The van der Waals surface area contributed by atoms with E-state index in [0.717, 1.165) is 32.3 Å². The van der Waals surface area contributed by atoms with Crippen molar-refractivity contribution in [2.75, 3.05) is 17.7 Å². The van der Waals surface area contributed by atoms with Crippen LogP contribution in [0.2, 0.25) is 0 Å². The second-order valence-corrected chi connectivity index (χ2v) is 9.25. The topological polar surface area (TPSA) is 172 Å². The lowest BCUT2D eigenvalue weighted by Gasteiger charge is -2.20. The number of aliphatic hydroxyl groups is 3. The van der Waals surface area contributed by atoms with E-state index >= 15 is 0 Å². The van der Waals surface area contributed by atoms with Gasteiger partial charge in [0.2, 0.25) is 11.9 Å². The summed E-state index contributed by atoms with van der Waals surface area (Å²) in [5, 5.41) is 40.5. The minimum Gasteiger partial charge on any atom is -0.394 e. The van der Waals surface area contributed by atoms with Gasteiger partial charge in [0.15, 0.2) is 17.4 Å². The van der Waals surface area contributed by atoms with Crippen LogP contribution >= 0.6 is 0 Å². The predicted molar refractivity (Wildman–Crippen MR) is 139 cm³/mol. The van der Waals surface area contributed by atoms with E-state index in [9.17, 15) is 20.1 Å². The highest BCUT2D eigenvalue weighted by Gasteiger charge is 2.45. The average Bonchev–Trinajstić information content (AvgIpc) is 3.39. The van der Waals surface area contributed by atoms with E-state index in [4.69, 9.17) is 10.5 Å². The van der Waals surface area contributed by atoms with Gasteiger partial charge in [0, 0.05) is 11.1 Å². The molecule has 37 heavy (non-hydrogen) atoms. The number of benzene rings is 4. The van der Waals surface area contributed by atoms with Crippen LogP contribution in [-0.2, 0) is 4.74 Å². The number of nitrogens with zero attached hydrogens (tertiary/aromatic N) is 3. The molecular weight excluding hydrogens is 476 g/mol. The number of nitrogens with two attached hydrogens (primary N) is 1. The number of H-pyrrole nitrogens is 1. The van der Waals surface area contributed by atoms with Crippen molar-refractivity contribution >= 4 is 61.1 Å². The van der Waals surface area contributed by atoms with Crippen molar-refractivity contribution in [1.82, 2.24) is 19.5 Å². The molecule has 1 fully saturated rings. The molecule has 11 heteroatoms. The number of ether oxygens (including phenoxy) is 1. The number of nitrogen functional groups attached to an aromatic ring is 1. The van der Waals surface area contributed by atoms with E-state index < -0.39 is 36.7 Å². The lowest BCUT2D eigenvalue weighted by Crippen LogP contribution is -2.33. The fraction of sp³-hybridized carbons (Fsp3) is 0.192. The summed E-state index contributed by atoms with van der Waals surface area (Å²) in [5.74, 6) is 0.0168. The Morgan fingerprint density at radius 2 is 1.68 bits per heavy atom. The van der Waals surface area contributed by atoms with Crippen molar-refractivity contribution < 1.29 is 20.1 Å². The molecule has 11 nitrogen and oxygen atoms in total. The van der Waals surface area contributed by atoms with Gasteiger partial charge >= 0.3 is 0 Å². The fourth-order valence-corrected chi connectivity index (χ4v) is 5.39. The molecule has 0 radical (unpaired) electrons. The molecule has 2 aromatic heterocycles. The van der Waals surface area contributed by atoms with E-state index in [-0.39, 0.29) is 23.1 Å². The Hall–Kier alpha value is -4.29. The zero-order valence-corrected chi connectivity index (χ0v) is 19.3. The van der Waals surface area contributed by atoms with Gasteiger partial charge < -0.3 is 31.1 Å². The number of nitrogens with one attached hydrogen (secondary N) is 2. The zero-order chi connectivity index (χ0) is 25.4. The quantitative estimate of drug-likeness (QED) is 0.199. The highest BCUT2D eigenvalue weighted by molar-refractivity contribution is 6.25. The first-order valence-electron chi connectivity index (χ1n) is 11.8. The number of anilines is 3. The maximum absolute atomic E-state index is 12.7. The van der Waals surface area contributed by atoms with Crippen LogP contribution in [0.1, 0.15) is 6.23 Å². The Bertz CT molecular complexity index is 1870. The van der Waals surface area contributed by atoms with Crippen molar-refractivity contribution in [2.45, 2.75) is 24.5 Å². The molecule has 0 unspecified atom stereocenters. The van der Waals surface area contributed by atoms with Crippen LogP contribution in [0.4, 0.5) is 17.6 Å². The molecule has 6 aromatic rings. The summed E-state index contributed by atoms with van der Waals surface area (Å²) >= 11 is 0. The maximum Gasteiger partial charge on any atom is 0.280 e. The minimum atomic E-state index is -1.42. The van der Waals surface area contributed by atoms with Gasteiger partial charge in [0.05, 0.1) is 6.61 Å². The van der Waals surface area contributed by atoms with Gasteiger partial charge in [-0.15, -0.1) is 0 Å². The third-order valence-corrected chi connectivity index (χ3v) is 7.12. The molecule has 0 spiro atoms. The van der Waals surface area contributed by atoms with E-state index in [2.05, 4.69) is 50.6 Å². The number of aliphatic hydroxyl groups excluding tert-OH is 3. The van der Waals surface area contributed by atoms with Crippen molar-refractivity contribution in [2.24, 2.45) is 0 Å². The first-order chi connectivity index (χ1) is 17.9. The third kappa shape index (κ3) is 3.12. The largest absolute Gasteiger partial charge is 0.394 e. The number of aromatic amines is 1. The molecule has 7 N–H and O–H groups in total. The fourth-order valence-electron chi connectivity index (χ4n) is 5.39. The third-order valence-electron chi connectivity index (χ3n) is 7.12. The van der Waals surface area contributed by atoms with Crippen molar-refractivity contribution in [3.05, 3.63) is 65.0 Å². The van der Waals surface area contributed by atoms with Crippen LogP contribution in [-0.4, -0.2) is 59.8 Å². The van der Waals surface area contributed by atoms with Gasteiger partial charge in [-0.1, -0.05) is 48.5 Å². The number of aromatic nitrogens is 4. The van der Waals surface area contributed by atoms with Crippen LogP contribution in [0, 0.1) is 0 Å². The number of hydrogen-bond donors (Lipinski definition) is 6. The number of fused-ring (bicyclic) bond motifs is 1. The Kier molecular flexibility index (Phi) is 4.66. The molecule has 4 atom stereocenters. The summed E-state index contributed by atoms with van der Waals surface area (Å²) < 4.78 is 7.16. The summed E-state index contributed by atoms with van der Waals surface area (Å²) in [7, 11) is 0. The first-order valence-corrected chi connectivity index (χ1v) is 11.8. The lowest BCUT2D eigenvalue weighted by molar-refractivity contribution is -0.0501. The summed E-state index contributed by atoms with van der Waals surface area (Å²) in [6, 6.07) is 18.3. The molecule has 186 valence electrons. The SMILES string of the molecule is Nc1nc2c(nc(Nc3ccc4ccc5cccc6ccc3c4c56)n2[C@@H]2O[C@H](CO)[C@@H](O)[C@H]2O)c(=O)[nH]1. The van der Waals surface area contributed by atoms with E-state index in [1.165, 1.54) is 4.57 Å². The van der Waals surface area contributed by atoms with Crippen LogP contribution in [0.25, 0.3) is 43.5 Å². The molecule has 0 amide bonds. The predicted octanol–water partition coefficient (Wildman–Crippen LogP) is 1.95. The number of hydrogen-bond acceptors (Lipinski definition) is 9. The van der Waals surface area contributed by atoms with Gasteiger partial charge in [-0.2, -0.15) is 4.98 Å². The van der Waals surface area contributed by atoms with Crippen LogP contribution < -0.4 is 16.6 Å². The van der Waals surface area contributed by atoms with Gasteiger partial charge in [-0.05, 0) is 33.0 Å². The summed E-state index contributed by atoms with van der Waals surface area (Å²) in [6.45, 7) is -0.505. The molecule has 4 aromatic carbocycles. The number of rotatable bonds is 4. The van der Waals surface area contributed by atoms with Gasteiger partial charge in [-0.3, -0.25) is 14.3 Å². The second kappa shape index (κ2) is 7.85. The van der Waals surface area contributed by atoms with Gasteiger partial charge in [-0.25, -0.2) is 4.98 Å². The Morgan fingerprint density at radius 3 is 2.41 bits per heavy atom. The normalized spacial score (nSPS) is 22.1. The van der Waals surface area contributed by atoms with Crippen LogP contribution in [0.3, 0.4) is 0 Å². The van der Waals surface area contributed by atoms with Crippen LogP contribution in [0.5, 0.6) is 0 Å². The molecule has 3 heterocycles.